The molecule has 1 unspecified atom stereocenters. The highest BCUT2D eigenvalue weighted by Crippen LogP contribution is 2.18. The minimum atomic E-state index is 0.413. The van der Waals surface area contributed by atoms with Crippen LogP contribution in [0.3, 0.4) is 0 Å². The van der Waals surface area contributed by atoms with E-state index in [1.807, 2.05) is 26.1 Å². The number of pyridine rings is 1. The summed E-state index contributed by atoms with van der Waals surface area (Å²) in [5.41, 5.74) is 3.31. The van der Waals surface area contributed by atoms with Crippen LogP contribution in [0.4, 0.5) is 0 Å². The van der Waals surface area contributed by atoms with Crippen LogP contribution in [0.15, 0.2) is 30.6 Å². The standard InChI is InChI=1S/C16H23N3O/c1-5-16(17-3)13-6-7-19(10-13)11-14-9-15(20-4)8-12(2)18-14/h6-10,16-17H,5,11H2,1-4H3. The first-order chi connectivity index (χ1) is 9.66. The molecular formula is C16H23N3O. The second-order valence-electron chi connectivity index (χ2n) is 5.01. The fourth-order valence-electron chi connectivity index (χ4n) is 2.46. The lowest BCUT2D eigenvalue weighted by atomic mass is 10.1. The highest BCUT2D eigenvalue weighted by Gasteiger charge is 2.08. The van der Waals surface area contributed by atoms with E-state index in [-0.39, 0.29) is 0 Å². The van der Waals surface area contributed by atoms with Crippen LogP contribution in [0.2, 0.25) is 0 Å². The summed E-state index contributed by atoms with van der Waals surface area (Å²) < 4.78 is 7.46. The van der Waals surface area contributed by atoms with Gasteiger partial charge in [0.15, 0.2) is 0 Å². The van der Waals surface area contributed by atoms with Gasteiger partial charge >= 0.3 is 0 Å². The third-order valence-electron chi connectivity index (χ3n) is 3.49. The summed E-state index contributed by atoms with van der Waals surface area (Å²) in [6, 6.07) is 6.51. The zero-order valence-corrected chi connectivity index (χ0v) is 12.7. The van der Waals surface area contributed by atoms with Crippen LogP contribution < -0.4 is 10.1 Å². The maximum atomic E-state index is 5.29. The number of aryl methyl sites for hydroxylation is 1. The van der Waals surface area contributed by atoms with Crippen molar-refractivity contribution in [3.8, 4) is 5.75 Å². The van der Waals surface area contributed by atoms with Crippen LogP contribution in [0, 0.1) is 6.92 Å². The van der Waals surface area contributed by atoms with E-state index < -0.39 is 0 Å². The molecule has 0 amide bonds. The predicted octanol–water partition coefficient (Wildman–Crippen LogP) is 2.92. The average molecular weight is 273 g/mol. The minimum absolute atomic E-state index is 0.413. The van der Waals surface area contributed by atoms with Crippen molar-refractivity contribution >= 4 is 0 Å². The van der Waals surface area contributed by atoms with Crippen LogP contribution in [0.5, 0.6) is 5.75 Å². The molecule has 1 N–H and O–H groups in total. The van der Waals surface area contributed by atoms with Gasteiger partial charge in [0.25, 0.3) is 0 Å². The Bertz CT molecular complexity index is 559. The Kier molecular flexibility index (Phi) is 4.79. The Hall–Kier alpha value is -1.81. The molecular weight excluding hydrogens is 250 g/mol. The monoisotopic (exact) mass is 273 g/mol. The molecule has 0 saturated carbocycles. The van der Waals surface area contributed by atoms with E-state index in [4.69, 9.17) is 4.74 Å². The first-order valence-corrected chi connectivity index (χ1v) is 7.00. The van der Waals surface area contributed by atoms with Crippen LogP contribution in [0.25, 0.3) is 0 Å². The van der Waals surface area contributed by atoms with E-state index in [2.05, 4.69) is 40.3 Å². The maximum Gasteiger partial charge on any atom is 0.122 e. The summed E-state index contributed by atoms with van der Waals surface area (Å²) in [6.07, 6.45) is 5.37. The molecule has 0 aliphatic heterocycles. The fourth-order valence-corrected chi connectivity index (χ4v) is 2.46. The third kappa shape index (κ3) is 3.39. The molecule has 4 heteroatoms. The van der Waals surface area contributed by atoms with Gasteiger partial charge in [0.05, 0.1) is 19.3 Å². The van der Waals surface area contributed by atoms with E-state index in [9.17, 15) is 0 Å². The Morgan fingerprint density at radius 3 is 2.85 bits per heavy atom. The van der Waals surface area contributed by atoms with Gasteiger partial charge < -0.3 is 14.6 Å². The van der Waals surface area contributed by atoms with Crippen molar-refractivity contribution in [2.45, 2.75) is 32.9 Å². The second kappa shape index (κ2) is 6.57. The molecule has 0 fully saturated rings. The average Bonchev–Trinajstić information content (AvgIpc) is 2.88. The summed E-state index contributed by atoms with van der Waals surface area (Å²) in [6.45, 7) is 4.94. The Labute approximate surface area is 120 Å². The van der Waals surface area contributed by atoms with Crippen molar-refractivity contribution in [1.29, 1.82) is 0 Å². The summed E-state index contributed by atoms with van der Waals surface area (Å²) in [4.78, 5) is 4.56. The number of nitrogens with zero attached hydrogens (tertiary/aromatic N) is 2. The first-order valence-electron chi connectivity index (χ1n) is 7.00. The summed E-state index contributed by atoms with van der Waals surface area (Å²) in [5, 5.41) is 3.32. The molecule has 0 aliphatic rings. The molecule has 0 spiro atoms. The van der Waals surface area contributed by atoms with Gasteiger partial charge in [0.1, 0.15) is 5.75 Å². The van der Waals surface area contributed by atoms with Gasteiger partial charge in [-0.25, -0.2) is 0 Å². The Balaban J connectivity index is 2.16. The number of aromatic nitrogens is 2. The van der Waals surface area contributed by atoms with Gasteiger partial charge in [0.2, 0.25) is 0 Å². The van der Waals surface area contributed by atoms with Crippen molar-refractivity contribution in [2.24, 2.45) is 0 Å². The molecule has 0 radical (unpaired) electrons. The number of ether oxygens (including phenoxy) is 1. The van der Waals surface area contributed by atoms with Crippen LogP contribution in [-0.4, -0.2) is 23.7 Å². The van der Waals surface area contributed by atoms with E-state index in [1.165, 1.54) is 5.56 Å². The second-order valence-corrected chi connectivity index (χ2v) is 5.01. The molecule has 2 aromatic rings. The van der Waals surface area contributed by atoms with Gasteiger partial charge in [-0.2, -0.15) is 0 Å². The lowest BCUT2D eigenvalue weighted by Gasteiger charge is -2.11. The third-order valence-corrected chi connectivity index (χ3v) is 3.49. The molecule has 20 heavy (non-hydrogen) atoms. The summed E-state index contributed by atoms with van der Waals surface area (Å²) in [5.74, 6) is 0.863. The molecule has 2 aromatic heterocycles. The molecule has 1 atom stereocenters. The number of hydrogen-bond donors (Lipinski definition) is 1. The van der Waals surface area contributed by atoms with E-state index in [1.54, 1.807) is 7.11 Å². The largest absolute Gasteiger partial charge is 0.497 e. The molecule has 0 aliphatic carbocycles. The molecule has 2 heterocycles. The van der Waals surface area contributed by atoms with Gasteiger partial charge in [-0.1, -0.05) is 6.92 Å². The Morgan fingerprint density at radius 2 is 2.20 bits per heavy atom. The number of rotatable bonds is 6. The number of nitrogens with one attached hydrogen (secondary N) is 1. The number of methoxy groups -OCH3 is 1. The van der Waals surface area contributed by atoms with Crippen LogP contribution in [-0.2, 0) is 6.54 Å². The van der Waals surface area contributed by atoms with E-state index in [0.717, 1.165) is 30.1 Å². The first kappa shape index (κ1) is 14.6. The van der Waals surface area contributed by atoms with Crippen LogP contribution in [0.1, 0.15) is 36.3 Å². The topological polar surface area (TPSA) is 39.1 Å². The minimum Gasteiger partial charge on any atom is -0.497 e. The molecule has 2 rings (SSSR count). The SMILES string of the molecule is CCC(NC)c1ccn(Cc2cc(OC)cc(C)n2)c1. The fraction of sp³-hybridized carbons (Fsp3) is 0.438. The normalized spacial score (nSPS) is 12.4. The van der Waals surface area contributed by atoms with Crippen molar-refractivity contribution in [1.82, 2.24) is 14.9 Å². The molecule has 0 saturated heterocycles. The quantitative estimate of drug-likeness (QED) is 0.879. The molecule has 108 valence electrons. The summed E-state index contributed by atoms with van der Waals surface area (Å²) in [7, 11) is 3.68. The van der Waals surface area contributed by atoms with Crippen molar-refractivity contribution < 1.29 is 4.74 Å². The van der Waals surface area contributed by atoms with Gasteiger partial charge in [-0.3, -0.25) is 4.98 Å². The Morgan fingerprint density at radius 1 is 1.40 bits per heavy atom. The summed E-state index contributed by atoms with van der Waals surface area (Å²) >= 11 is 0. The van der Waals surface area contributed by atoms with E-state index >= 15 is 0 Å². The highest BCUT2D eigenvalue weighted by atomic mass is 16.5. The maximum absolute atomic E-state index is 5.29. The molecule has 4 nitrogen and oxygen atoms in total. The smallest absolute Gasteiger partial charge is 0.122 e. The van der Waals surface area contributed by atoms with E-state index in [0.29, 0.717) is 6.04 Å². The molecule has 0 aromatic carbocycles. The lowest BCUT2D eigenvalue weighted by Crippen LogP contribution is -2.14. The van der Waals surface area contributed by atoms with Gasteiger partial charge in [-0.05, 0) is 32.0 Å². The lowest BCUT2D eigenvalue weighted by molar-refractivity contribution is 0.413. The van der Waals surface area contributed by atoms with Crippen molar-refractivity contribution in [3.63, 3.8) is 0 Å². The zero-order valence-electron chi connectivity index (χ0n) is 12.7. The van der Waals surface area contributed by atoms with Gasteiger partial charge in [-0.15, -0.1) is 0 Å². The number of hydrogen-bond acceptors (Lipinski definition) is 3. The van der Waals surface area contributed by atoms with Gasteiger partial charge in [0, 0.05) is 36.3 Å². The van der Waals surface area contributed by atoms with Crippen molar-refractivity contribution in [3.05, 3.63) is 47.5 Å². The zero-order chi connectivity index (χ0) is 14.5. The molecule has 0 bridgehead atoms. The van der Waals surface area contributed by atoms with Crippen LogP contribution >= 0.6 is 0 Å². The predicted molar refractivity (Wildman–Crippen MR) is 81.2 cm³/mol. The van der Waals surface area contributed by atoms with Crippen molar-refractivity contribution in [2.75, 3.05) is 14.2 Å². The highest BCUT2D eigenvalue weighted by molar-refractivity contribution is 5.27.